The predicted molar refractivity (Wildman–Crippen MR) is 118 cm³/mol. The molecule has 0 radical (unpaired) electrons. The van der Waals surface area contributed by atoms with Gasteiger partial charge in [0, 0.05) is 23.6 Å². The summed E-state index contributed by atoms with van der Waals surface area (Å²) in [6, 6.07) is 17.1. The predicted octanol–water partition coefficient (Wildman–Crippen LogP) is 4.27. The van der Waals surface area contributed by atoms with E-state index in [-0.39, 0.29) is 24.6 Å². The van der Waals surface area contributed by atoms with Gasteiger partial charge >= 0.3 is 0 Å². The minimum absolute atomic E-state index is 0.0823. The Morgan fingerprint density at radius 3 is 2.87 bits per heavy atom. The van der Waals surface area contributed by atoms with Gasteiger partial charge in [0.15, 0.2) is 0 Å². The molecule has 1 amide bonds. The second kappa shape index (κ2) is 9.36. The highest BCUT2D eigenvalue weighted by molar-refractivity contribution is 7.99. The fraction of sp³-hybridized carbons (Fsp3) is 0.182. The second-order valence-corrected chi connectivity index (χ2v) is 7.46. The number of hydrogen-bond donors (Lipinski definition) is 1. The van der Waals surface area contributed by atoms with E-state index in [9.17, 15) is 4.79 Å². The van der Waals surface area contributed by atoms with Crippen LogP contribution in [0.25, 0.3) is 22.4 Å². The number of rotatable bonds is 8. The van der Waals surface area contributed by atoms with Gasteiger partial charge in [0.05, 0.1) is 36.6 Å². The molecule has 0 fully saturated rings. The van der Waals surface area contributed by atoms with Crippen molar-refractivity contribution in [3.8, 4) is 23.3 Å². The molecule has 31 heavy (non-hydrogen) atoms. The average molecular weight is 433 g/mol. The number of H-pyrrole nitrogens is 1. The molecule has 2 aromatic carbocycles. The summed E-state index contributed by atoms with van der Waals surface area (Å²) in [7, 11) is 1.55. The van der Waals surface area contributed by atoms with Gasteiger partial charge in [-0.05, 0) is 18.2 Å². The van der Waals surface area contributed by atoms with Crippen molar-refractivity contribution in [2.45, 2.75) is 11.6 Å². The van der Waals surface area contributed by atoms with E-state index in [0.717, 1.165) is 28.2 Å². The van der Waals surface area contributed by atoms with Crippen LogP contribution in [0.4, 0.5) is 5.69 Å². The van der Waals surface area contributed by atoms with Crippen molar-refractivity contribution in [2.24, 2.45) is 0 Å². The number of amides is 1. The molecule has 4 rings (SSSR count). The van der Waals surface area contributed by atoms with Crippen LogP contribution in [0.5, 0.6) is 5.75 Å². The lowest BCUT2D eigenvalue weighted by Crippen LogP contribution is -2.33. The van der Waals surface area contributed by atoms with E-state index in [1.165, 1.54) is 0 Å². The zero-order valence-electron chi connectivity index (χ0n) is 16.7. The van der Waals surface area contributed by atoms with Gasteiger partial charge in [-0.3, -0.25) is 4.79 Å². The van der Waals surface area contributed by atoms with Crippen LogP contribution < -0.4 is 9.64 Å². The van der Waals surface area contributed by atoms with Crippen LogP contribution >= 0.6 is 11.8 Å². The van der Waals surface area contributed by atoms with Crippen molar-refractivity contribution in [3.63, 3.8) is 0 Å². The number of methoxy groups -OCH3 is 1. The van der Waals surface area contributed by atoms with Crippen molar-refractivity contribution >= 4 is 34.3 Å². The van der Waals surface area contributed by atoms with Gasteiger partial charge in [-0.15, -0.1) is 10.2 Å². The van der Waals surface area contributed by atoms with Crippen LogP contribution in [-0.4, -0.2) is 40.5 Å². The monoisotopic (exact) mass is 433 g/mol. The summed E-state index contributed by atoms with van der Waals surface area (Å²) in [5.41, 5.74) is 2.41. The number of carbonyl (C=O) groups is 1. The molecule has 156 valence electrons. The van der Waals surface area contributed by atoms with Gasteiger partial charge in [0.1, 0.15) is 5.75 Å². The van der Waals surface area contributed by atoms with E-state index in [2.05, 4.69) is 21.3 Å². The van der Waals surface area contributed by atoms with Crippen molar-refractivity contribution in [2.75, 3.05) is 24.3 Å². The van der Waals surface area contributed by atoms with Gasteiger partial charge in [-0.2, -0.15) is 5.26 Å². The first-order valence-electron chi connectivity index (χ1n) is 9.54. The number of nitrogens with zero attached hydrogens (tertiary/aromatic N) is 4. The zero-order chi connectivity index (χ0) is 21.6. The van der Waals surface area contributed by atoms with Crippen molar-refractivity contribution < 1.29 is 13.9 Å². The maximum atomic E-state index is 12.9. The van der Waals surface area contributed by atoms with E-state index in [1.54, 1.807) is 24.1 Å². The van der Waals surface area contributed by atoms with Crippen LogP contribution in [0.2, 0.25) is 0 Å². The van der Waals surface area contributed by atoms with Crippen LogP contribution in [0.1, 0.15) is 6.42 Å². The minimum atomic E-state index is -0.184. The summed E-state index contributed by atoms with van der Waals surface area (Å²) in [5, 5.41) is 18.5. The summed E-state index contributed by atoms with van der Waals surface area (Å²) >= 11 is 1.16. The van der Waals surface area contributed by atoms with Gasteiger partial charge in [-0.25, -0.2) is 0 Å². The number of anilines is 1. The molecule has 2 aromatic heterocycles. The summed E-state index contributed by atoms with van der Waals surface area (Å²) in [5.74, 6) is 0.854. The highest BCUT2D eigenvalue weighted by Crippen LogP contribution is 2.31. The molecule has 0 aliphatic carbocycles. The average Bonchev–Trinajstić information content (AvgIpc) is 3.45. The van der Waals surface area contributed by atoms with Gasteiger partial charge in [-0.1, -0.05) is 42.1 Å². The normalized spacial score (nSPS) is 10.7. The second-order valence-electron chi connectivity index (χ2n) is 6.54. The number of aromatic nitrogens is 3. The maximum Gasteiger partial charge on any atom is 0.277 e. The Labute approximate surface area is 182 Å². The number of thioether (sulfide) groups is 1. The molecule has 0 aliphatic heterocycles. The zero-order valence-corrected chi connectivity index (χ0v) is 17.6. The lowest BCUT2D eigenvalue weighted by Gasteiger charge is -2.23. The standard InChI is InChI=1S/C22H19N5O3S/c1-29-19-10-5-4-9-18(19)27(12-6-11-23)20(28)14-31-22-26-25-21(30-22)16-13-24-17-8-3-2-7-15(16)17/h2-5,7-10,13,24H,6,12,14H2,1H3. The first-order chi connectivity index (χ1) is 15.2. The number of fused-ring (bicyclic) bond motifs is 1. The Hall–Kier alpha value is -3.77. The van der Waals surface area contributed by atoms with E-state index in [1.807, 2.05) is 42.6 Å². The van der Waals surface area contributed by atoms with Gasteiger partial charge < -0.3 is 19.0 Å². The van der Waals surface area contributed by atoms with Crippen LogP contribution in [0.3, 0.4) is 0 Å². The molecule has 0 saturated carbocycles. The van der Waals surface area contributed by atoms with Crippen molar-refractivity contribution in [1.29, 1.82) is 5.26 Å². The number of aromatic amines is 1. The van der Waals surface area contributed by atoms with E-state index in [4.69, 9.17) is 14.4 Å². The van der Waals surface area contributed by atoms with Crippen LogP contribution in [0, 0.1) is 11.3 Å². The molecule has 4 aromatic rings. The molecule has 0 spiro atoms. The molecule has 0 aliphatic rings. The third-order valence-electron chi connectivity index (χ3n) is 4.67. The van der Waals surface area contributed by atoms with Gasteiger partial charge in [0.2, 0.25) is 5.91 Å². The number of ether oxygens (including phenoxy) is 1. The maximum absolute atomic E-state index is 12.9. The first-order valence-corrected chi connectivity index (χ1v) is 10.5. The number of nitrogens with one attached hydrogen (secondary N) is 1. The largest absolute Gasteiger partial charge is 0.495 e. The quantitative estimate of drug-likeness (QED) is 0.414. The Morgan fingerprint density at radius 1 is 1.23 bits per heavy atom. The molecule has 1 N–H and O–H groups in total. The number of carbonyl (C=O) groups excluding carboxylic acids is 1. The fourth-order valence-electron chi connectivity index (χ4n) is 3.22. The molecular weight excluding hydrogens is 414 g/mol. The molecule has 2 heterocycles. The highest BCUT2D eigenvalue weighted by Gasteiger charge is 2.21. The Morgan fingerprint density at radius 2 is 2.03 bits per heavy atom. The van der Waals surface area contributed by atoms with Gasteiger partial charge in [0.25, 0.3) is 11.1 Å². The van der Waals surface area contributed by atoms with E-state index >= 15 is 0 Å². The molecule has 0 unspecified atom stereocenters. The third-order valence-corrected chi connectivity index (χ3v) is 5.47. The molecule has 0 saturated heterocycles. The Kier molecular flexibility index (Phi) is 6.19. The molecular formula is C22H19N5O3S. The molecule has 0 atom stereocenters. The SMILES string of the molecule is COc1ccccc1N(CCC#N)C(=O)CSc1nnc(-c2c[nH]c3ccccc23)o1. The number of hydrogen-bond acceptors (Lipinski definition) is 7. The summed E-state index contributed by atoms with van der Waals surface area (Å²) in [4.78, 5) is 17.7. The smallest absolute Gasteiger partial charge is 0.277 e. The van der Waals surface area contributed by atoms with E-state index < -0.39 is 0 Å². The first kappa shape index (κ1) is 20.5. The molecule has 0 bridgehead atoms. The fourth-order valence-corrected chi connectivity index (χ4v) is 3.86. The lowest BCUT2D eigenvalue weighted by atomic mass is 10.2. The number of para-hydroxylation sites is 3. The summed E-state index contributed by atoms with van der Waals surface area (Å²) in [6.07, 6.45) is 2.03. The molecule has 9 heteroatoms. The highest BCUT2D eigenvalue weighted by atomic mass is 32.2. The minimum Gasteiger partial charge on any atom is -0.495 e. The Bertz CT molecular complexity index is 1240. The summed E-state index contributed by atoms with van der Waals surface area (Å²) < 4.78 is 11.1. The topological polar surface area (TPSA) is 108 Å². The lowest BCUT2D eigenvalue weighted by molar-refractivity contribution is -0.116. The van der Waals surface area contributed by atoms with Crippen LogP contribution in [-0.2, 0) is 4.79 Å². The molecule has 8 nitrogen and oxygen atoms in total. The van der Waals surface area contributed by atoms with Crippen LogP contribution in [0.15, 0.2) is 64.4 Å². The van der Waals surface area contributed by atoms with Crippen molar-refractivity contribution in [3.05, 3.63) is 54.7 Å². The van der Waals surface area contributed by atoms with Crippen molar-refractivity contribution in [1.82, 2.24) is 15.2 Å². The Balaban J connectivity index is 1.49. The summed E-state index contributed by atoms with van der Waals surface area (Å²) in [6.45, 7) is 0.265. The third kappa shape index (κ3) is 4.39. The number of nitriles is 1. The number of benzene rings is 2. The van der Waals surface area contributed by atoms with E-state index in [0.29, 0.717) is 22.6 Å².